The minimum absolute atomic E-state index is 0.0144. The Balaban J connectivity index is 1.92. The summed E-state index contributed by atoms with van der Waals surface area (Å²) in [5, 5.41) is 6.55. The van der Waals surface area contributed by atoms with Gasteiger partial charge in [0.05, 0.1) is 29.2 Å². The minimum Gasteiger partial charge on any atom is -0.386 e. The van der Waals surface area contributed by atoms with Crippen molar-refractivity contribution in [1.29, 1.82) is 0 Å². The van der Waals surface area contributed by atoms with Crippen LogP contribution in [-0.2, 0) is 28.5 Å². The van der Waals surface area contributed by atoms with E-state index in [1.54, 1.807) is 0 Å². The Bertz CT molecular complexity index is 1180. The van der Waals surface area contributed by atoms with Gasteiger partial charge < -0.3 is 11.1 Å². The van der Waals surface area contributed by atoms with Crippen LogP contribution in [0.2, 0.25) is 5.02 Å². The fourth-order valence-corrected chi connectivity index (χ4v) is 5.28. The first-order valence-corrected chi connectivity index (χ1v) is 11.5. The van der Waals surface area contributed by atoms with Gasteiger partial charge in [-0.05, 0) is 39.0 Å². The van der Waals surface area contributed by atoms with Crippen molar-refractivity contribution in [3.8, 4) is 0 Å². The van der Waals surface area contributed by atoms with Crippen molar-refractivity contribution in [3.63, 3.8) is 0 Å². The summed E-state index contributed by atoms with van der Waals surface area (Å²) >= 11 is 5.97. The number of rotatable bonds is 5. The number of sulfone groups is 1. The number of aliphatic imine (C=N–C) groups is 1. The summed E-state index contributed by atoms with van der Waals surface area (Å²) in [5.74, 6) is -1.28. The fourth-order valence-electron chi connectivity index (χ4n) is 3.38. The Morgan fingerprint density at radius 2 is 1.94 bits per heavy atom. The van der Waals surface area contributed by atoms with Gasteiger partial charge in [0.15, 0.2) is 9.84 Å². The average molecular weight is 496 g/mol. The molecule has 0 saturated carbocycles. The van der Waals surface area contributed by atoms with Crippen LogP contribution in [-0.4, -0.2) is 40.7 Å². The van der Waals surface area contributed by atoms with E-state index < -0.39 is 44.4 Å². The highest BCUT2D eigenvalue weighted by Crippen LogP contribution is 2.38. The highest BCUT2D eigenvalue weighted by Gasteiger charge is 2.49. The lowest BCUT2D eigenvalue weighted by Crippen LogP contribution is -2.54. The van der Waals surface area contributed by atoms with Gasteiger partial charge >= 0.3 is 6.18 Å². The zero-order valence-corrected chi connectivity index (χ0v) is 19.0. The molecule has 1 aliphatic rings. The van der Waals surface area contributed by atoms with Crippen molar-refractivity contribution >= 4 is 33.0 Å². The van der Waals surface area contributed by atoms with Gasteiger partial charge in [0.2, 0.25) is 0 Å². The van der Waals surface area contributed by atoms with Gasteiger partial charge in [-0.1, -0.05) is 11.6 Å². The van der Waals surface area contributed by atoms with Gasteiger partial charge in [-0.15, -0.1) is 0 Å². The number of nitrogens with zero attached hydrogens (tertiary/aromatic N) is 3. The molecular weight excluding hydrogens is 474 g/mol. The molecule has 2 heterocycles. The molecule has 1 aromatic heterocycles. The number of nitrogens with two attached hydrogens (primary N) is 1. The number of anilines is 1. The number of nitrogens with one attached hydrogen (secondary N) is 1. The number of amidine groups is 1. The first kappa shape index (κ1) is 24.3. The van der Waals surface area contributed by atoms with Crippen molar-refractivity contribution in [1.82, 2.24) is 9.78 Å². The molecule has 2 aromatic rings. The van der Waals surface area contributed by atoms with Crippen LogP contribution in [0, 0.1) is 5.82 Å². The summed E-state index contributed by atoms with van der Waals surface area (Å²) in [7, 11) is -3.75. The van der Waals surface area contributed by atoms with Crippen LogP contribution in [0.3, 0.4) is 0 Å². The molecular formula is C19H22ClF4N5O2S. The van der Waals surface area contributed by atoms with E-state index in [1.165, 1.54) is 32.9 Å². The summed E-state index contributed by atoms with van der Waals surface area (Å²) < 4.78 is 77.8. The van der Waals surface area contributed by atoms with Crippen LogP contribution < -0.4 is 11.1 Å². The number of hydrogen-bond donors (Lipinski definition) is 2. The van der Waals surface area contributed by atoms with Gasteiger partial charge in [-0.25, -0.2) is 12.8 Å². The molecule has 1 aliphatic heterocycles. The summed E-state index contributed by atoms with van der Waals surface area (Å²) in [5.41, 5.74) is 4.84. The van der Waals surface area contributed by atoms with Crippen LogP contribution in [0.4, 0.5) is 23.2 Å². The smallest absolute Gasteiger partial charge is 0.386 e. The summed E-state index contributed by atoms with van der Waals surface area (Å²) in [6, 6.07) is 3.85. The Hall–Kier alpha value is -2.34. The SMILES string of the molecule is CC1(c2cc(NCc3c(Cl)cnn3CC(F)(F)F)ccc2F)CS(=O)(=O)C(C)(C)C(N)=N1. The fraction of sp³-hybridized carbons (Fsp3) is 0.474. The summed E-state index contributed by atoms with van der Waals surface area (Å²) in [4.78, 5) is 4.30. The van der Waals surface area contributed by atoms with Gasteiger partial charge in [-0.3, -0.25) is 9.67 Å². The van der Waals surface area contributed by atoms with Gasteiger partial charge in [0.1, 0.15) is 28.5 Å². The van der Waals surface area contributed by atoms with Gasteiger partial charge in [0, 0.05) is 11.3 Å². The lowest BCUT2D eigenvalue weighted by atomic mass is 9.92. The molecule has 13 heteroatoms. The normalized spacial score (nSPS) is 22.4. The van der Waals surface area contributed by atoms with Crippen molar-refractivity contribution in [2.75, 3.05) is 11.1 Å². The molecule has 0 radical (unpaired) electrons. The number of aromatic nitrogens is 2. The number of hydrogen-bond acceptors (Lipinski definition) is 6. The molecule has 7 nitrogen and oxygen atoms in total. The molecule has 0 fully saturated rings. The van der Waals surface area contributed by atoms with Crippen LogP contribution in [0.25, 0.3) is 0 Å². The van der Waals surface area contributed by atoms with Crippen molar-refractivity contribution in [3.05, 3.63) is 46.5 Å². The Labute approximate surface area is 187 Å². The van der Waals surface area contributed by atoms with Crippen molar-refractivity contribution in [2.45, 2.75) is 50.3 Å². The monoisotopic (exact) mass is 495 g/mol. The molecule has 32 heavy (non-hydrogen) atoms. The predicted octanol–water partition coefficient (Wildman–Crippen LogP) is 3.63. The second-order valence-electron chi connectivity index (χ2n) is 8.30. The molecule has 0 saturated heterocycles. The topological polar surface area (TPSA) is 102 Å². The van der Waals surface area contributed by atoms with E-state index in [2.05, 4.69) is 15.4 Å². The third-order valence-corrected chi connectivity index (χ3v) is 8.49. The maximum atomic E-state index is 14.7. The molecule has 1 aromatic carbocycles. The molecule has 1 atom stereocenters. The van der Waals surface area contributed by atoms with Gasteiger partial charge in [0.25, 0.3) is 0 Å². The lowest BCUT2D eigenvalue weighted by molar-refractivity contribution is -0.143. The third kappa shape index (κ3) is 4.56. The van der Waals surface area contributed by atoms with E-state index in [4.69, 9.17) is 17.3 Å². The maximum Gasteiger partial charge on any atom is 0.408 e. The van der Waals surface area contributed by atoms with Gasteiger partial charge in [-0.2, -0.15) is 18.3 Å². The average Bonchev–Trinajstić information content (AvgIpc) is 2.97. The largest absolute Gasteiger partial charge is 0.408 e. The van der Waals surface area contributed by atoms with E-state index >= 15 is 0 Å². The Kier molecular flexibility index (Phi) is 6.01. The lowest BCUT2D eigenvalue weighted by Gasteiger charge is -2.38. The molecule has 0 bridgehead atoms. The number of alkyl halides is 3. The minimum atomic E-state index is -4.49. The molecule has 0 aliphatic carbocycles. The first-order valence-electron chi connectivity index (χ1n) is 9.45. The quantitative estimate of drug-likeness (QED) is 0.617. The van der Waals surface area contributed by atoms with E-state index in [-0.39, 0.29) is 28.7 Å². The maximum absolute atomic E-state index is 14.7. The second-order valence-corrected chi connectivity index (χ2v) is 11.2. The molecule has 3 rings (SSSR count). The van der Waals surface area contributed by atoms with E-state index in [0.29, 0.717) is 5.69 Å². The summed E-state index contributed by atoms with van der Waals surface area (Å²) in [6.45, 7) is 2.88. The van der Waals surface area contributed by atoms with Crippen molar-refractivity contribution < 1.29 is 26.0 Å². The predicted molar refractivity (Wildman–Crippen MR) is 114 cm³/mol. The van der Waals surface area contributed by atoms with Crippen LogP contribution >= 0.6 is 11.6 Å². The standard InChI is InChI=1S/C19H22ClF4N5O2S/c1-17(2)16(25)28-18(3,10-32(17,30)31)12-6-11(4-5-14(12)21)26-8-15-13(20)7-27-29(15)9-19(22,23)24/h4-7,26H,8-10H2,1-3H3,(H2,25,28). The molecule has 0 spiro atoms. The molecule has 0 amide bonds. The van der Waals surface area contributed by atoms with Crippen LogP contribution in [0.15, 0.2) is 29.4 Å². The summed E-state index contributed by atoms with van der Waals surface area (Å²) in [6.07, 6.45) is -3.38. The van der Waals surface area contributed by atoms with Crippen LogP contribution in [0.1, 0.15) is 32.0 Å². The zero-order valence-electron chi connectivity index (χ0n) is 17.5. The number of benzene rings is 1. The van der Waals surface area contributed by atoms with Crippen molar-refractivity contribution in [2.24, 2.45) is 10.7 Å². The Morgan fingerprint density at radius 3 is 2.53 bits per heavy atom. The highest BCUT2D eigenvalue weighted by molar-refractivity contribution is 7.93. The van der Waals surface area contributed by atoms with E-state index in [0.717, 1.165) is 16.9 Å². The zero-order chi connectivity index (χ0) is 24.1. The molecule has 3 N–H and O–H groups in total. The molecule has 1 unspecified atom stereocenters. The van der Waals surface area contributed by atoms with E-state index in [1.807, 2.05) is 0 Å². The van der Waals surface area contributed by atoms with Crippen LogP contribution in [0.5, 0.6) is 0 Å². The Morgan fingerprint density at radius 1 is 1.28 bits per heavy atom. The first-order chi connectivity index (χ1) is 14.6. The highest BCUT2D eigenvalue weighted by atomic mass is 35.5. The third-order valence-electron chi connectivity index (χ3n) is 5.47. The van der Waals surface area contributed by atoms with E-state index in [9.17, 15) is 26.0 Å². The second kappa shape index (κ2) is 7.91. The number of halogens is 5. The molecule has 176 valence electrons.